The molecule has 1 aliphatic heterocycles. The Bertz CT molecular complexity index is 1070. The maximum atomic E-state index is 12.5. The summed E-state index contributed by atoms with van der Waals surface area (Å²) in [5.41, 5.74) is 1.54. The Kier molecular flexibility index (Phi) is 4.48. The zero-order chi connectivity index (χ0) is 18.8. The van der Waals surface area contributed by atoms with Crippen LogP contribution in [0.25, 0.3) is 6.08 Å². The second kappa shape index (κ2) is 7.09. The number of allylic oxidation sites excluding steroid dienone is 1. The maximum Gasteiger partial charge on any atom is 0.343 e. The molecule has 0 spiro atoms. The lowest BCUT2D eigenvalue weighted by Gasteiger charge is -2.05. The van der Waals surface area contributed by atoms with Crippen molar-refractivity contribution in [3.63, 3.8) is 0 Å². The lowest BCUT2D eigenvalue weighted by atomic mass is 10.1. The minimum absolute atomic E-state index is 0.171. The van der Waals surface area contributed by atoms with Gasteiger partial charge in [0.25, 0.3) is 0 Å². The van der Waals surface area contributed by atoms with E-state index in [4.69, 9.17) is 21.1 Å². The Balaban J connectivity index is 1.58. The fraction of sp³-hybridized carbons (Fsp3) is 0. The number of carbonyl (C=O) groups excluding carboxylic acids is 2. The number of Topliss-reactive ketones (excluding diaryl/α,β-unsaturated/α-hetero) is 1. The molecule has 4 rings (SSSR count). The molecule has 0 bridgehead atoms. The smallest absolute Gasteiger partial charge is 0.343 e. The summed E-state index contributed by atoms with van der Waals surface area (Å²) in [4.78, 5) is 24.7. The van der Waals surface area contributed by atoms with E-state index in [-0.39, 0.29) is 11.5 Å². The summed E-state index contributed by atoms with van der Waals surface area (Å²) in [7, 11) is 0. The molecule has 0 N–H and O–H groups in total. The van der Waals surface area contributed by atoms with Crippen molar-refractivity contribution >= 4 is 29.4 Å². The van der Waals surface area contributed by atoms with Crippen molar-refractivity contribution in [2.24, 2.45) is 0 Å². The number of benzene rings is 3. The van der Waals surface area contributed by atoms with Crippen molar-refractivity contribution in [1.29, 1.82) is 0 Å². The molecule has 0 saturated carbocycles. The zero-order valence-electron chi connectivity index (χ0n) is 14.0. The van der Waals surface area contributed by atoms with E-state index < -0.39 is 5.97 Å². The van der Waals surface area contributed by atoms with Crippen LogP contribution in [0.2, 0.25) is 5.02 Å². The fourth-order valence-electron chi connectivity index (χ4n) is 2.70. The van der Waals surface area contributed by atoms with E-state index in [0.29, 0.717) is 33.2 Å². The van der Waals surface area contributed by atoms with Crippen LogP contribution in [0.4, 0.5) is 0 Å². The maximum absolute atomic E-state index is 12.5. The molecule has 5 heteroatoms. The molecule has 0 saturated heterocycles. The summed E-state index contributed by atoms with van der Waals surface area (Å²) >= 11 is 6.13. The molecule has 0 amide bonds. The molecular weight excluding hydrogens is 364 g/mol. The van der Waals surface area contributed by atoms with Crippen LogP contribution in [0.15, 0.2) is 78.6 Å². The van der Waals surface area contributed by atoms with Gasteiger partial charge in [0.05, 0.1) is 11.1 Å². The molecule has 0 radical (unpaired) electrons. The van der Waals surface area contributed by atoms with Gasteiger partial charge < -0.3 is 9.47 Å². The molecule has 0 aromatic heterocycles. The standard InChI is InChI=1S/C22H13ClO4/c23-18-9-5-4-8-15(18)12-20-21(24)17-11-10-16(13-19(17)27-20)26-22(25)14-6-2-1-3-7-14/h1-13H. The number of fused-ring (bicyclic) bond motifs is 1. The van der Waals surface area contributed by atoms with Gasteiger partial charge in [-0.25, -0.2) is 4.79 Å². The van der Waals surface area contributed by atoms with Gasteiger partial charge >= 0.3 is 5.97 Å². The van der Waals surface area contributed by atoms with E-state index in [9.17, 15) is 9.59 Å². The van der Waals surface area contributed by atoms with Crippen molar-refractivity contribution in [2.45, 2.75) is 0 Å². The molecule has 4 nitrogen and oxygen atoms in total. The van der Waals surface area contributed by atoms with Crippen LogP contribution in [-0.2, 0) is 0 Å². The normalized spacial score (nSPS) is 14.0. The third-order valence-electron chi connectivity index (χ3n) is 4.05. The Morgan fingerprint density at radius 3 is 2.48 bits per heavy atom. The Morgan fingerprint density at radius 2 is 1.70 bits per heavy atom. The number of esters is 1. The molecule has 1 heterocycles. The highest BCUT2D eigenvalue weighted by atomic mass is 35.5. The predicted octanol–water partition coefficient (Wildman–Crippen LogP) is 5.18. The lowest BCUT2D eigenvalue weighted by Crippen LogP contribution is -2.08. The lowest BCUT2D eigenvalue weighted by molar-refractivity contribution is 0.0734. The minimum Gasteiger partial charge on any atom is -0.452 e. The van der Waals surface area contributed by atoms with Gasteiger partial charge in [-0.1, -0.05) is 48.0 Å². The summed E-state index contributed by atoms with van der Waals surface area (Å²) < 4.78 is 11.0. The van der Waals surface area contributed by atoms with E-state index in [1.807, 2.05) is 18.2 Å². The van der Waals surface area contributed by atoms with Crippen molar-refractivity contribution < 1.29 is 19.1 Å². The SMILES string of the molecule is O=C(Oc1ccc2c(c1)OC(=Cc1ccccc1Cl)C2=O)c1ccccc1. The van der Waals surface area contributed by atoms with Crippen molar-refractivity contribution in [1.82, 2.24) is 0 Å². The molecule has 0 fully saturated rings. The monoisotopic (exact) mass is 376 g/mol. The molecule has 1 aliphatic rings. The highest BCUT2D eigenvalue weighted by molar-refractivity contribution is 6.32. The summed E-state index contributed by atoms with van der Waals surface area (Å²) in [5.74, 6) is 0.0910. The summed E-state index contributed by atoms with van der Waals surface area (Å²) in [6.45, 7) is 0. The minimum atomic E-state index is -0.480. The summed E-state index contributed by atoms with van der Waals surface area (Å²) in [6.07, 6.45) is 1.60. The van der Waals surface area contributed by atoms with Crippen molar-refractivity contribution in [3.8, 4) is 11.5 Å². The number of ketones is 1. The van der Waals surface area contributed by atoms with E-state index in [1.54, 1.807) is 54.6 Å². The number of ether oxygens (including phenoxy) is 2. The fourth-order valence-corrected chi connectivity index (χ4v) is 2.89. The average Bonchev–Trinajstić information content (AvgIpc) is 2.99. The first-order valence-electron chi connectivity index (χ1n) is 8.22. The van der Waals surface area contributed by atoms with Crippen LogP contribution < -0.4 is 9.47 Å². The van der Waals surface area contributed by atoms with Crippen LogP contribution >= 0.6 is 11.6 Å². The Labute approximate surface area is 160 Å². The van der Waals surface area contributed by atoms with Crippen molar-refractivity contribution in [2.75, 3.05) is 0 Å². The molecule has 0 atom stereocenters. The summed E-state index contributed by atoms with van der Waals surface area (Å²) in [5, 5.41) is 0.523. The molecular formula is C22H13ClO4. The van der Waals surface area contributed by atoms with Gasteiger partial charge in [0.2, 0.25) is 5.78 Å². The first-order chi connectivity index (χ1) is 13.1. The highest BCUT2D eigenvalue weighted by Crippen LogP contribution is 2.35. The molecule has 132 valence electrons. The number of hydrogen-bond acceptors (Lipinski definition) is 4. The van der Waals surface area contributed by atoms with E-state index >= 15 is 0 Å². The third-order valence-corrected chi connectivity index (χ3v) is 4.40. The molecule has 3 aromatic rings. The van der Waals surface area contributed by atoms with Crippen LogP contribution in [0.5, 0.6) is 11.5 Å². The van der Waals surface area contributed by atoms with Gasteiger partial charge in [0.1, 0.15) is 11.5 Å². The van der Waals surface area contributed by atoms with Gasteiger partial charge in [0.15, 0.2) is 5.76 Å². The van der Waals surface area contributed by atoms with Crippen molar-refractivity contribution in [3.05, 3.63) is 100 Å². The topological polar surface area (TPSA) is 52.6 Å². The molecule has 27 heavy (non-hydrogen) atoms. The zero-order valence-corrected chi connectivity index (χ0v) is 14.8. The van der Waals surface area contributed by atoms with E-state index in [1.165, 1.54) is 6.07 Å². The number of rotatable bonds is 3. The highest BCUT2D eigenvalue weighted by Gasteiger charge is 2.28. The van der Waals surface area contributed by atoms with Crippen LogP contribution in [0.3, 0.4) is 0 Å². The third kappa shape index (κ3) is 3.48. The largest absolute Gasteiger partial charge is 0.452 e. The number of halogens is 1. The van der Waals surface area contributed by atoms with Gasteiger partial charge in [0, 0.05) is 11.1 Å². The van der Waals surface area contributed by atoms with Crippen LogP contribution in [0, 0.1) is 0 Å². The number of hydrogen-bond donors (Lipinski definition) is 0. The van der Waals surface area contributed by atoms with E-state index in [2.05, 4.69) is 0 Å². The average molecular weight is 377 g/mol. The van der Waals surface area contributed by atoms with Crippen LogP contribution in [-0.4, -0.2) is 11.8 Å². The second-order valence-electron chi connectivity index (χ2n) is 5.87. The second-order valence-corrected chi connectivity index (χ2v) is 6.28. The van der Waals surface area contributed by atoms with Gasteiger partial charge in [-0.3, -0.25) is 4.79 Å². The first kappa shape index (κ1) is 17.1. The summed E-state index contributed by atoms with van der Waals surface area (Å²) in [6, 6.07) is 20.5. The first-order valence-corrected chi connectivity index (χ1v) is 8.60. The van der Waals surface area contributed by atoms with Gasteiger partial charge in [-0.15, -0.1) is 0 Å². The van der Waals surface area contributed by atoms with Gasteiger partial charge in [-0.05, 0) is 42.0 Å². The molecule has 0 unspecified atom stereocenters. The van der Waals surface area contributed by atoms with Crippen LogP contribution in [0.1, 0.15) is 26.3 Å². The predicted molar refractivity (Wildman–Crippen MR) is 102 cm³/mol. The van der Waals surface area contributed by atoms with Gasteiger partial charge in [-0.2, -0.15) is 0 Å². The Hall–Kier alpha value is -3.37. The Morgan fingerprint density at radius 1 is 0.963 bits per heavy atom. The molecule has 3 aromatic carbocycles. The number of carbonyl (C=O) groups is 2. The van der Waals surface area contributed by atoms with E-state index in [0.717, 1.165) is 0 Å². The molecule has 0 aliphatic carbocycles. The quantitative estimate of drug-likeness (QED) is 0.359.